The number of aliphatic hydroxyl groups excluding tert-OH is 7. The summed E-state index contributed by atoms with van der Waals surface area (Å²) in [6.45, 7) is 3.48. The molecular formula is C60H119NO10. The van der Waals surface area contributed by atoms with E-state index in [0.717, 1.165) is 38.5 Å². The molecule has 9 unspecified atom stereocenters. The minimum atomic E-state index is -1.66. The second-order valence-corrected chi connectivity index (χ2v) is 22.1. The van der Waals surface area contributed by atoms with E-state index in [1.807, 2.05) is 0 Å². The van der Waals surface area contributed by atoms with Crippen LogP contribution in [0.5, 0.6) is 0 Å². The molecular weight excluding hydrogens is 895 g/mol. The normalized spacial score (nSPS) is 20.0. The van der Waals surface area contributed by atoms with Crippen molar-refractivity contribution in [1.82, 2.24) is 5.32 Å². The fourth-order valence-corrected chi connectivity index (χ4v) is 10.4. The Morgan fingerprint density at radius 1 is 0.437 bits per heavy atom. The van der Waals surface area contributed by atoms with Crippen LogP contribution in [0.4, 0.5) is 0 Å². The maximum atomic E-state index is 13.2. The van der Waals surface area contributed by atoms with Crippen molar-refractivity contribution in [2.75, 3.05) is 13.2 Å². The fraction of sp³-hybridized carbons (Fsp3) is 0.983. The van der Waals surface area contributed by atoms with Crippen LogP contribution in [-0.4, -0.2) is 110 Å². The molecule has 0 aromatic carbocycles. The lowest BCUT2D eigenvalue weighted by molar-refractivity contribution is -0.303. The van der Waals surface area contributed by atoms with Gasteiger partial charge in [0.15, 0.2) is 6.29 Å². The number of nitrogens with one attached hydrogen (secondary N) is 1. The van der Waals surface area contributed by atoms with E-state index in [2.05, 4.69) is 19.2 Å². The predicted molar refractivity (Wildman–Crippen MR) is 293 cm³/mol. The molecule has 0 aromatic heterocycles. The van der Waals surface area contributed by atoms with Crippen LogP contribution < -0.4 is 5.32 Å². The summed E-state index contributed by atoms with van der Waals surface area (Å²) in [6, 6.07) is -1.16. The highest BCUT2D eigenvalue weighted by molar-refractivity contribution is 5.80. The summed E-state index contributed by atoms with van der Waals surface area (Å²) in [5.74, 6) is -0.690. The molecule has 0 aromatic rings. The lowest BCUT2D eigenvalue weighted by Gasteiger charge is -2.40. The molecule has 71 heavy (non-hydrogen) atoms. The zero-order chi connectivity index (χ0) is 51.8. The Bertz CT molecular complexity index is 1120. The molecule has 1 aliphatic rings. The molecule has 0 saturated carbocycles. The molecule has 11 heteroatoms. The van der Waals surface area contributed by atoms with Gasteiger partial charge in [0.25, 0.3) is 0 Å². The standard InChI is InChI=1S/C60H119NO10/c1-3-5-7-9-11-13-15-17-18-19-20-21-22-23-24-25-26-27-28-29-30-31-32-33-34-35-36-38-40-42-44-46-48-53(64)59(69)61-51(50-70-60-58(68)57(67)56(66)54(49-62)71-60)55(65)52(63)47-45-43-41-39-37-16-14-12-10-8-6-4-2/h51-58,60,62-68H,3-50H2,1-2H3,(H,61,69). The van der Waals surface area contributed by atoms with Crippen molar-refractivity contribution in [1.29, 1.82) is 0 Å². The summed E-state index contributed by atoms with van der Waals surface area (Å²) in [5, 5.41) is 76.0. The topological polar surface area (TPSA) is 189 Å². The minimum Gasteiger partial charge on any atom is -0.394 e. The van der Waals surface area contributed by atoms with Gasteiger partial charge in [-0.05, 0) is 12.8 Å². The van der Waals surface area contributed by atoms with E-state index >= 15 is 0 Å². The maximum Gasteiger partial charge on any atom is 0.249 e. The van der Waals surface area contributed by atoms with Crippen LogP contribution in [0.25, 0.3) is 0 Å². The quantitative estimate of drug-likeness (QED) is 0.0272. The molecule has 11 nitrogen and oxygen atoms in total. The van der Waals surface area contributed by atoms with Crippen LogP contribution in [0.2, 0.25) is 0 Å². The van der Waals surface area contributed by atoms with Crippen LogP contribution in [0.1, 0.15) is 309 Å². The maximum absolute atomic E-state index is 13.2. The third kappa shape index (κ3) is 38.3. The van der Waals surface area contributed by atoms with Crippen molar-refractivity contribution in [2.24, 2.45) is 0 Å². The SMILES string of the molecule is CCCCCCCCCCCCCCCCCCCCCCCCCCCCCCCCCCC(O)C(=O)NC(COC1OC(CO)C(O)C(O)C1O)C(O)C(O)CCCCCCCCCCCCCC. The number of amides is 1. The van der Waals surface area contributed by atoms with E-state index in [-0.39, 0.29) is 6.42 Å². The Morgan fingerprint density at radius 2 is 0.732 bits per heavy atom. The number of hydrogen-bond acceptors (Lipinski definition) is 10. The minimum absolute atomic E-state index is 0.267. The highest BCUT2D eigenvalue weighted by Gasteiger charge is 2.44. The van der Waals surface area contributed by atoms with Crippen LogP contribution >= 0.6 is 0 Å². The van der Waals surface area contributed by atoms with Gasteiger partial charge < -0.3 is 50.5 Å². The molecule has 0 bridgehead atoms. The molecule has 0 spiro atoms. The average molecular weight is 1010 g/mol. The molecule has 1 aliphatic heterocycles. The molecule has 0 aliphatic carbocycles. The third-order valence-corrected chi connectivity index (χ3v) is 15.4. The van der Waals surface area contributed by atoms with Gasteiger partial charge in [-0.15, -0.1) is 0 Å². The van der Waals surface area contributed by atoms with Crippen LogP contribution in [0.15, 0.2) is 0 Å². The predicted octanol–water partition coefficient (Wildman–Crippen LogP) is 13.4. The van der Waals surface area contributed by atoms with Crippen LogP contribution in [0.3, 0.4) is 0 Å². The molecule has 0 radical (unpaired) electrons. The first-order valence-electron chi connectivity index (χ1n) is 30.9. The highest BCUT2D eigenvalue weighted by Crippen LogP contribution is 2.24. The Labute approximate surface area is 437 Å². The van der Waals surface area contributed by atoms with Crippen molar-refractivity contribution in [3.8, 4) is 0 Å². The summed E-state index contributed by atoms with van der Waals surface area (Å²) in [6.07, 6.45) is 46.2. The largest absolute Gasteiger partial charge is 0.394 e. The lowest BCUT2D eigenvalue weighted by atomic mass is 9.98. The first-order valence-corrected chi connectivity index (χ1v) is 30.9. The fourth-order valence-electron chi connectivity index (χ4n) is 10.4. The average Bonchev–Trinajstić information content (AvgIpc) is 3.37. The Hall–Kier alpha value is -0.890. The Balaban J connectivity index is 2.15. The summed E-state index contributed by atoms with van der Waals surface area (Å²) in [4.78, 5) is 13.2. The summed E-state index contributed by atoms with van der Waals surface area (Å²) in [5.41, 5.74) is 0. The number of unbranched alkanes of at least 4 members (excludes halogenated alkanes) is 42. The second-order valence-electron chi connectivity index (χ2n) is 22.1. The zero-order valence-electron chi connectivity index (χ0n) is 46.5. The van der Waals surface area contributed by atoms with Gasteiger partial charge in [0.05, 0.1) is 25.4 Å². The van der Waals surface area contributed by atoms with Crippen molar-refractivity contribution >= 4 is 5.91 Å². The molecule has 1 amide bonds. The monoisotopic (exact) mass is 1010 g/mol. The van der Waals surface area contributed by atoms with Crippen molar-refractivity contribution in [3.63, 3.8) is 0 Å². The van der Waals surface area contributed by atoms with Gasteiger partial charge in [-0.3, -0.25) is 4.79 Å². The lowest BCUT2D eigenvalue weighted by Crippen LogP contribution is -2.60. The first kappa shape index (κ1) is 68.1. The molecule has 8 N–H and O–H groups in total. The number of ether oxygens (including phenoxy) is 2. The van der Waals surface area contributed by atoms with Gasteiger partial charge in [0.2, 0.25) is 5.91 Å². The first-order chi connectivity index (χ1) is 34.7. The molecule has 1 saturated heterocycles. The number of rotatable bonds is 54. The molecule has 1 rings (SSSR count). The molecule has 1 heterocycles. The molecule has 1 fully saturated rings. The van der Waals surface area contributed by atoms with Crippen LogP contribution in [0, 0.1) is 0 Å². The third-order valence-electron chi connectivity index (χ3n) is 15.4. The number of carbonyl (C=O) groups excluding carboxylic acids is 1. The van der Waals surface area contributed by atoms with E-state index in [1.165, 1.54) is 231 Å². The van der Waals surface area contributed by atoms with Crippen molar-refractivity contribution < 1.29 is 50.0 Å². The van der Waals surface area contributed by atoms with E-state index in [1.54, 1.807) is 0 Å². The number of aliphatic hydroxyl groups is 7. The van der Waals surface area contributed by atoms with Gasteiger partial charge in [-0.2, -0.15) is 0 Å². The highest BCUT2D eigenvalue weighted by atomic mass is 16.7. The van der Waals surface area contributed by atoms with Crippen molar-refractivity contribution in [2.45, 2.75) is 364 Å². The van der Waals surface area contributed by atoms with Gasteiger partial charge in [0, 0.05) is 0 Å². The van der Waals surface area contributed by atoms with E-state index in [4.69, 9.17) is 9.47 Å². The zero-order valence-corrected chi connectivity index (χ0v) is 46.5. The summed E-state index contributed by atoms with van der Waals surface area (Å²) < 4.78 is 11.1. The van der Waals surface area contributed by atoms with E-state index < -0.39 is 74.2 Å². The summed E-state index contributed by atoms with van der Waals surface area (Å²) in [7, 11) is 0. The second kappa shape index (κ2) is 50.0. The Kier molecular flexibility index (Phi) is 47.9. The number of carbonyl (C=O) groups is 1. The van der Waals surface area contributed by atoms with Gasteiger partial charge in [-0.25, -0.2) is 0 Å². The smallest absolute Gasteiger partial charge is 0.249 e. The van der Waals surface area contributed by atoms with Crippen molar-refractivity contribution in [3.05, 3.63) is 0 Å². The van der Waals surface area contributed by atoms with E-state index in [0.29, 0.717) is 19.3 Å². The summed E-state index contributed by atoms with van der Waals surface area (Å²) >= 11 is 0. The number of hydrogen-bond donors (Lipinski definition) is 8. The van der Waals surface area contributed by atoms with Crippen LogP contribution in [-0.2, 0) is 14.3 Å². The van der Waals surface area contributed by atoms with Gasteiger partial charge in [0.1, 0.15) is 36.6 Å². The Morgan fingerprint density at radius 3 is 1.04 bits per heavy atom. The van der Waals surface area contributed by atoms with Gasteiger partial charge in [-0.1, -0.05) is 296 Å². The molecule has 9 atom stereocenters. The van der Waals surface area contributed by atoms with Gasteiger partial charge >= 0.3 is 0 Å². The molecule has 424 valence electrons. The van der Waals surface area contributed by atoms with E-state index in [9.17, 15) is 40.5 Å².